The third kappa shape index (κ3) is 2.02. The van der Waals surface area contributed by atoms with Gasteiger partial charge < -0.3 is 10.6 Å². The van der Waals surface area contributed by atoms with Crippen LogP contribution in [0.1, 0.15) is 16.1 Å². The zero-order valence-electron chi connectivity index (χ0n) is 10.8. The predicted octanol–water partition coefficient (Wildman–Crippen LogP) is 0.950. The number of nitrogens with zero attached hydrogens (tertiary/aromatic N) is 3. The van der Waals surface area contributed by atoms with Crippen molar-refractivity contribution < 1.29 is 4.79 Å². The Balaban J connectivity index is 2.02. The number of hydrogen-bond acceptors (Lipinski definition) is 3. The molecule has 0 saturated carbocycles. The summed E-state index contributed by atoms with van der Waals surface area (Å²) in [5, 5.41) is 4.05. The first-order valence-corrected chi connectivity index (χ1v) is 6.30. The predicted molar refractivity (Wildman–Crippen MR) is 73.0 cm³/mol. The molecule has 2 N–H and O–H groups in total. The molecule has 0 radical (unpaired) electrons. The number of rotatable bonds is 1. The van der Waals surface area contributed by atoms with Crippen molar-refractivity contribution in [3.8, 4) is 0 Å². The minimum absolute atomic E-state index is 0.0212. The second-order valence-corrected chi connectivity index (χ2v) is 4.85. The minimum Gasteiger partial charge on any atom is -0.326 e. The molecule has 2 heterocycles. The normalized spacial score (nSPS) is 18.2. The number of nitrogens with two attached hydrogens (primary N) is 1. The Hall–Kier alpha value is -2.14. The van der Waals surface area contributed by atoms with Crippen molar-refractivity contribution in [3.63, 3.8) is 0 Å². The smallest absolute Gasteiger partial charge is 0.276 e. The number of para-hydroxylation sites is 1. The Morgan fingerprint density at radius 2 is 2.16 bits per heavy atom. The van der Waals surface area contributed by atoms with Gasteiger partial charge in [0.05, 0.1) is 0 Å². The monoisotopic (exact) mass is 256 g/mol. The molecule has 2 aromatic rings. The molecule has 1 aromatic carbocycles. The summed E-state index contributed by atoms with van der Waals surface area (Å²) in [5.41, 5.74) is 8.70. The molecule has 1 aliphatic heterocycles. The van der Waals surface area contributed by atoms with Crippen LogP contribution in [0.3, 0.4) is 0 Å². The fraction of sp³-hybridized carbons (Fsp3) is 0.286. The fourth-order valence-corrected chi connectivity index (χ4v) is 2.54. The molecule has 0 bridgehead atoms. The van der Waals surface area contributed by atoms with Crippen molar-refractivity contribution in [1.29, 1.82) is 0 Å². The number of carbonyl (C=O) groups excluding carboxylic acids is 1. The molecule has 5 nitrogen and oxygen atoms in total. The molecule has 1 aliphatic rings. The Morgan fingerprint density at radius 3 is 2.89 bits per heavy atom. The Kier molecular flexibility index (Phi) is 2.83. The van der Waals surface area contributed by atoms with Gasteiger partial charge >= 0.3 is 0 Å². The van der Waals surface area contributed by atoms with Crippen LogP contribution < -0.4 is 10.6 Å². The number of aryl methyl sites for hydroxylation is 1. The molecule has 5 heteroatoms. The van der Waals surface area contributed by atoms with E-state index in [4.69, 9.17) is 5.73 Å². The highest BCUT2D eigenvalue weighted by molar-refractivity contribution is 6.05. The molecular formula is C14H16N4O. The summed E-state index contributed by atoms with van der Waals surface area (Å²) < 4.78 is 1.59. The average molecular weight is 256 g/mol. The number of aromatic nitrogens is 2. The maximum Gasteiger partial charge on any atom is 0.276 e. The van der Waals surface area contributed by atoms with Crippen LogP contribution in [0.15, 0.2) is 36.5 Å². The van der Waals surface area contributed by atoms with Crippen molar-refractivity contribution in [2.75, 3.05) is 11.4 Å². The summed E-state index contributed by atoms with van der Waals surface area (Å²) in [7, 11) is 1.77. The summed E-state index contributed by atoms with van der Waals surface area (Å²) in [6, 6.07) is 9.62. The first-order valence-electron chi connectivity index (χ1n) is 6.30. The molecule has 1 atom stereocenters. The van der Waals surface area contributed by atoms with E-state index >= 15 is 0 Å². The van der Waals surface area contributed by atoms with E-state index < -0.39 is 0 Å². The molecule has 19 heavy (non-hydrogen) atoms. The summed E-state index contributed by atoms with van der Waals surface area (Å²) in [5.74, 6) is -0.0531. The lowest BCUT2D eigenvalue weighted by molar-refractivity contribution is 0.0974. The van der Waals surface area contributed by atoms with Crippen LogP contribution in [-0.4, -0.2) is 28.3 Å². The number of hydrogen-bond donors (Lipinski definition) is 1. The lowest BCUT2D eigenvalue weighted by Crippen LogP contribution is -2.46. The van der Waals surface area contributed by atoms with Crippen molar-refractivity contribution >= 4 is 11.6 Å². The molecule has 1 amide bonds. The number of amides is 1. The Labute approximate surface area is 111 Å². The van der Waals surface area contributed by atoms with Gasteiger partial charge in [0.2, 0.25) is 0 Å². The first kappa shape index (κ1) is 11.9. The zero-order chi connectivity index (χ0) is 13.4. The lowest BCUT2D eigenvalue weighted by Gasteiger charge is -2.32. The molecule has 0 saturated heterocycles. The van der Waals surface area contributed by atoms with Crippen LogP contribution in [0, 0.1) is 0 Å². The van der Waals surface area contributed by atoms with Crippen LogP contribution >= 0.6 is 0 Å². The summed E-state index contributed by atoms with van der Waals surface area (Å²) >= 11 is 0. The number of benzene rings is 1. The van der Waals surface area contributed by atoms with Crippen molar-refractivity contribution in [3.05, 3.63) is 47.8 Å². The maximum atomic E-state index is 12.6. The molecule has 0 aliphatic carbocycles. The van der Waals surface area contributed by atoms with Gasteiger partial charge in [-0.1, -0.05) is 18.2 Å². The lowest BCUT2D eigenvalue weighted by atomic mass is 9.98. The molecule has 3 rings (SSSR count). The fourth-order valence-electron chi connectivity index (χ4n) is 2.54. The van der Waals surface area contributed by atoms with Gasteiger partial charge in [-0.25, -0.2) is 0 Å². The highest BCUT2D eigenvalue weighted by Gasteiger charge is 2.28. The van der Waals surface area contributed by atoms with Gasteiger partial charge in [-0.05, 0) is 24.1 Å². The molecule has 0 spiro atoms. The van der Waals surface area contributed by atoms with E-state index in [0.717, 1.165) is 17.7 Å². The van der Waals surface area contributed by atoms with Crippen LogP contribution in [-0.2, 0) is 13.5 Å². The molecule has 98 valence electrons. The van der Waals surface area contributed by atoms with E-state index in [-0.39, 0.29) is 11.9 Å². The standard InChI is InChI=1S/C14H16N4O/c1-17-13(6-7-16-17)14(19)18-9-11(15)8-10-4-2-3-5-12(10)18/h2-7,11H,8-9,15H2,1H3. The van der Waals surface area contributed by atoms with Gasteiger partial charge in [0.15, 0.2) is 0 Å². The van der Waals surface area contributed by atoms with E-state index in [1.807, 2.05) is 24.3 Å². The number of fused-ring (bicyclic) bond motifs is 1. The topological polar surface area (TPSA) is 64.2 Å². The van der Waals surface area contributed by atoms with E-state index in [2.05, 4.69) is 5.10 Å². The quantitative estimate of drug-likeness (QED) is 0.826. The first-order chi connectivity index (χ1) is 9.16. The van der Waals surface area contributed by atoms with E-state index in [0.29, 0.717) is 12.2 Å². The Morgan fingerprint density at radius 1 is 1.37 bits per heavy atom. The zero-order valence-corrected chi connectivity index (χ0v) is 10.8. The van der Waals surface area contributed by atoms with Crippen molar-refractivity contribution in [2.45, 2.75) is 12.5 Å². The van der Waals surface area contributed by atoms with Gasteiger partial charge in [-0.3, -0.25) is 9.48 Å². The molecule has 1 unspecified atom stereocenters. The number of anilines is 1. The van der Waals surface area contributed by atoms with Crippen LogP contribution in [0.4, 0.5) is 5.69 Å². The van der Waals surface area contributed by atoms with Crippen LogP contribution in [0.5, 0.6) is 0 Å². The maximum absolute atomic E-state index is 12.6. The van der Waals surface area contributed by atoms with Gasteiger partial charge in [0.25, 0.3) is 5.91 Å². The van der Waals surface area contributed by atoms with Gasteiger partial charge in [0.1, 0.15) is 5.69 Å². The highest BCUT2D eigenvalue weighted by atomic mass is 16.2. The third-order valence-corrected chi connectivity index (χ3v) is 3.47. The van der Waals surface area contributed by atoms with E-state index in [1.54, 1.807) is 28.9 Å². The van der Waals surface area contributed by atoms with Crippen molar-refractivity contribution in [1.82, 2.24) is 9.78 Å². The average Bonchev–Trinajstić information content (AvgIpc) is 2.83. The summed E-state index contributed by atoms with van der Waals surface area (Å²) in [4.78, 5) is 14.4. The third-order valence-electron chi connectivity index (χ3n) is 3.47. The van der Waals surface area contributed by atoms with E-state index in [9.17, 15) is 4.79 Å². The molecular weight excluding hydrogens is 240 g/mol. The summed E-state index contributed by atoms with van der Waals surface area (Å²) in [6.45, 7) is 0.543. The van der Waals surface area contributed by atoms with Crippen molar-refractivity contribution in [2.24, 2.45) is 12.8 Å². The van der Waals surface area contributed by atoms with Crippen LogP contribution in [0.2, 0.25) is 0 Å². The molecule has 1 aromatic heterocycles. The van der Waals surface area contributed by atoms with Crippen LogP contribution in [0.25, 0.3) is 0 Å². The molecule has 0 fully saturated rings. The van der Waals surface area contributed by atoms with Gasteiger partial charge in [-0.15, -0.1) is 0 Å². The second-order valence-electron chi connectivity index (χ2n) is 4.85. The number of carbonyl (C=O) groups is 1. The summed E-state index contributed by atoms with van der Waals surface area (Å²) in [6.07, 6.45) is 2.44. The largest absolute Gasteiger partial charge is 0.326 e. The minimum atomic E-state index is -0.0531. The van der Waals surface area contributed by atoms with E-state index in [1.165, 1.54) is 0 Å². The highest BCUT2D eigenvalue weighted by Crippen LogP contribution is 2.27. The SMILES string of the molecule is Cn1nccc1C(=O)N1CC(N)Cc2ccccc21. The Bertz CT molecular complexity index is 619. The van der Waals surface area contributed by atoms with Gasteiger partial charge in [0, 0.05) is 31.5 Å². The second kappa shape index (κ2) is 4.51. The van der Waals surface area contributed by atoms with Gasteiger partial charge in [-0.2, -0.15) is 5.10 Å².